The van der Waals surface area contributed by atoms with E-state index in [1.54, 1.807) is 0 Å². The van der Waals surface area contributed by atoms with Gasteiger partial charge in [-0.05, 0) is 30.3 Å². The van der Waals surface area contributed by atoms with Gasteiger partial charge in [0, 0.05) is 37.7 Å². The number of fused-ring (bicyclic) bond motifs is 1. The summed E-state index contributed by atoms with van der Waals surface area (Å²) >= 11 is 3.52. The summed E-state index contributed by atoms with van der Waals surface area (Å²) in [4.78, 5) is 9.51. The van der Waals surface area contributed by atoms with Crippen molar-refractivity contribution in [2.45, 2.75) is 6.54 Å². The summed E-state index contributed by atoms with van der Waals surface area (Å²) in [6.45, 7) is 4.59. The van der Waals surface area contributed by atoms with Crippen LogP contribution in [0.1, 0.15) is 11.4 Å². The number of hydrogen-bond acceptors (Lipinski definition) is 4. The topological polar surface area (TPSA) is 48.1 Å². The Morgan fingerprint density at radius 3 is 2.62 bits per heavy atom. The number of anilines is 1. The lowest BCUT2D eigenvalue weighted by Gasteiger charge is -2.36. The molecule has 2 heterocycles. The zero-order chi connectivity index (χ0) is 18.1. The summed E-state index contributed by atoms with van der Waals surface area (Å²) in [6, 6.07) is 16.4. The first-order valence-electron chi connectivity index (χ1n) is 8.73. The van der Waals surface area contributed by atoms with Crippen LogP contribution in [-0.4, -0.2) is 40.6 Å². The van der Waals surface area contributed by atoms with Crippen LogP contribution >= 0.6 is 15.9 Å². The molecule has 0 radical (unpaired) electrons. The van der Waals surface area contributed by atoms with E-state index in [2.05, 4.69) is 61.6 Å². The zero-order valence-electron chi connectivity index (χ0n) is 14.7. The van der Waals surface area contributed by atoms with Gasteiger partial charge in [0.05, 0.1) is 28.8 Å². The molecule has 2 aromatic carbocycles. The molecular formula is C20H20BrN5. The minimum Gasteiger partial charge on any atom is -0.368 e. The average molecular weight is 410 g/mol. The Hall–Kier alpha value is -2.36. The van der Waals surface area contributed by atoms with Gasteiger partial charge >= 0.3 is 0 Å². The van der Waals surface area contributed by atoms with E-state index >= 15 is 0 Å². The van der Waals surface area contributed by atoms with Crippen LogP contribution in [0, 0.1) is 11.3 Å². The molecule has 0 N–H and O–H groups in total. The van der Waals surface area contributed by atoms with Crippen LogP contribution in [0.25, 0.3) is 11.0 Å². The van der Waals surface area contributed by atoms with E-state index in [1.807, 2.05) is 24.3 Å². The number of imidazole rings is 1. The minimum atomic E-state index is 0.733. The summed E-state index contributed by atoms with van der Waals surface area (Å²) in [6.07, 6.45) is 0. The Balaban J connectivity index is 1.46. The van der Waals surface area contributed by atoms with Gasteiger partial charge in [0.1, 0.15) is 11.9 Å². The Morgan fingerprint density at radius 2 is 1.88 bits per heavy atom. The lowest BCUT2D eigenvalue weighted by Crippen LogP contribution is -2.46. The quantitative estimate of drug-likeness (QED) is 0.663. The number of aromatic nitrogens is 2. The van der Waals surface area contributed by atoms with Crippen molar-refractivity contribution < 1.29 is 0 Å². The molecule has 6 heteroatoms. The molecule has 1 aliphatic rings. The maximum atomic E-state index is 9.37. The number of piperazine rings is 1. The van der Waals surface area contributed by atoms with Crippen LogP contribution in [0.5, 0.6) is 0 Å². The molecule has 1 aliphatic heterocycles. The SMILES string of the molecule is Cn1c(CN2CCN(c3cc(Br)ccc3C#N)CC2)nc2ccccc21. The Kier molecular flexibility index (Phi) is 4.66. The Morgan fingerprint density at radius 1 is 1.12 bits per heavy atom. The molecule has 0 atom stereocenters. The van der Waals surface area contributed by atoms with Crippen molar-refractivity contribution in [3.8, 4) is 6.07 Å². The molecule has 1 aromatic heterocycles. The second-order valence-electron chi connectivity index (χ2n) is 6.61. The maximum absolute atomic E-state index is 9.37. The molecule has 0 amide bonds. The number of aryl methyl sites for hydroxylation is 1. The lowest BCUT2D eigenvalue weighted by atomic mass is 10.1. The van der Waals surface area contributed by atoms with E-state index in [0.717, 1.165) is 59.8 Å². The van der Waals surface area contributed by atoms with E-state index < -0.39 is 0 Å². The first-order chi connectivity index (χ1) is 12.7. The van der Waals surface area contributed by atoms with Crippen molar-refractivity contribution in [1.29, 1.82) is 5.26 Å². The number of rotatable bonds is 3. The first-order valence-corrected chi connectivity index (χ1v) is 9.52. The number of hydrogen-bond donors (Lipinski definition) is 0. The molecule has 4 rings (SSSR count). The third-order valence-electron chi connectivity index (χ3n) is 5.04. The fourth-order valence-electron chi connectivity index (χ4n) is 3.54. The summed E-state index contributed by atoms with van der Waals surface area (Å²) < 4.78 is 3.19. The summed E-state index contributed by atoms with van der Waals surface area (Å²) in [5, 5.41) is 9.37. The monoisotopic (exact) mass is 409 g/mol. The van der Waals surface area contributed by atoms with Crippen molar-refractivity contribution in [3.63, 3.8) is 0 Å². The van der Waals surface area contributed by atoms with Crippen molar-refractivity contribution in [2.75, 3.05) is 31.1 Å². The van der Waals surface area contributed by atoms with Crippen molar-refractivity contribution in [2.24, 2.45) is 7.05 Å². The minimum absolute atomic E-state index is 0.733. The molecule has 0 bridgehead atoms. The van der Waals surface area contributed by atoms with E-state index in [4.69, 9.17) is 4.98 Å². The molecule has 3 aromatic rings. The van der Waals surface area contributed by atoms with E-state index in [1.165, 1.54) is 5.52 Å². The molecule has 0 saturated carbocycles. The molecule has 1 fully saturated rings. The highest BCUT2D eigenvalue weighted by atomic mass is 79.9. The molecule has 0 aliphatic carbocycles. The van der Waals surface area contributed by atoms with Gasteiger partial charge in [0.2, 0.25) is 0 Å². The van der Waals surface area contributed by atoms with E-state index in [-0.39, 0.29) is 0 Å². The van der Waals surface area contributed by atoms with Crippen LogP contribution in [0.15, 0.2) is 46.9 Å². The van der Waals surface area contributed by atoms with Crippen LogP contribution in [0.4, 0.5) is 5.69 Å². The molecule has 0 spiro atoms. The first kappa shape index (κ1) is 17.1. The number of para-hydroxylation sites is 2. The second-order valence-corrected chi connectivity index (χ2v) is 7.53. The largest absolute Gasteiger partial charge is 0.368 e. The average Bonchev–Trinajstić information content (AvgIpc) is 2.98. The van der Waals surface area contributed by atoms with Crippen molar-refractivity contribution in [1.82, 2.24) is 14.5 Å². The van der Waals surface area contributed by atoms with Crippen molar-refractivity contribution >= 4 is 32.7 Å². The highest BCUT2D eigenvalue weighted by Crippen LogP contribution is 2.26. The highest BCUT2D eigenvalue weighted by molar-refractivity contribution is 9.10. The number of halogens is 1. The fourth-order valence-corrected chi connectivity index (χ4v) is 3.89. The maximum Gasteiger partial charge on any atom is 0.123 e. The molecule has 0 unspecified atom stereocenters. The normalized spacial score (nSPS) is 15.3. The second kappa shape index (κ2) is 7.10. The van der Waals surface area contributed by atoms with E-state index in [0.29, 0.717) is 0 Å². The molecule has 26 heavy (non-hydrogen) atoms. The lowest BCUT2D eigenvalue weighted by molar-refractivity contribution is 0.242. The zero-order valence-corrected chi connectivity index (χ0v) is 16.3. The van der Waals surface area contributed by atoms with Crippen LogP contribution in [0.2, 0.25) is 0 Å². The number of benzene rings is 2. The summed E-state index contributed by atoms with van der Waals surface area (Å²) in [7, 11) is 2.08. The summed E-state index contributed by atoms with van der Waals surface area (Å²) in [5.74, 6) is 1.10. The molecule has 1 saturated heterocycles. The van der Waals surface area contributed by atoms with Gasteiger partial charge in [-0.15, -0.1) is 0 Å². The fraction of sp³-hybridized carbons (Fsp3) is 0.300. The van der Waals surface area contributed by atoms with Gasteiger partial charge in [-0.1, -0.05) is 28.1 Å². The Labute approximate surface area is 161 Å². The smallest absolute Gasteiger partial charge is 0.123 e. The molecule has 5 nitrogen and oxygen atoms in total. The van der Waals surface area contributed by atoms with Gasteiger partial charge < -0.3 is 9.47 Å². The highest BCUT2D eigenvalue weighted by Gasteiger charge is 2.21. The molecular weight excluding hydrogens is 390 g/mol. The van der Waals surface area contributed by atoms with Crippen LogP contribution in [-0.2, 0) is 13.6 Å². The third-order valence-corrected chi connectivity index (χ3v) is 5.53. The van der Waals surface area contributed by atoms with Gasteiger partial charge in [0.25, 0.3) is 0 Å². The third kappa shape index (κ3) is 3.20. The van der Waals surface area contributed by atoms with Crippen LogP contribution < -0.4 is 4.90 Å². The van der Waals surface area contributed by atoms with Gasteiger partial charge in [-0.3, -0.25) is 4.90 Å². The van der Waals surface area contributed by atoms with Gasteiger partial charge in [0.15, 0.2) is 0 Å². The van der Waals surface area contributed by atoms with Gasteiger partial charge in [-0.25, -0.2) is 4.98 Å². The molecule has 132 valence electrons. The number of nitrogens with zero attached hydrogens (tertiary/aromatic N) is 5. The Bertz CT molecular complexity index is 980. The predicted octanol–water partition coefficient (Wildman–Crippen LogP) is 3.53. The van der Waals surface area contributed by atoms with Gasteiger partial charge in [-0.2, -0.15) is 5.26 Å². The predicted molar refractivity (Wildman–Crippen MR) is 107 cm³/mol. The number of nitriles is 1. The van der Waals surface area contributed by atoms with Crippen molar-refractivity contribution in [3.05, 3.63) is 58.3 Å². The van der Waals surface area contributed by atoms with Crippen LogP contribution in [0.3, 0.4) is 0 Å². The van der Waals surface area contributed by atoms with E-state index in [9.17, 15) is 5.26 Å². The summed E-state index contributed by atoms with van der Waals surface area (Å²) in [5.41, 5.74) is 3.98. The standard InChI is InChI=1S/C20H20BrN5/c1-24-18-5-3-2-4-17(18)23-20(24)14-25-8-10-26(11-9-25)19-12-16(21)7-6-15(19)13-22/h2-7,12H,8-11,14H2,1H3.